The van der Waals surface area contributed by atoms with Crippen molar-refractivity contribution in [2.45, 2.75) is 26.7 Å². The molecule has 0 aliphatic rings. The van der Waals surface area contributed by atoms with E-state index >= 15 is 0 Å². The molecule has 134 valence electrons. The molecular formula is C18H29IN4O. The van der Waals surface area contributed by atoms with Gasteiger partial charge >= 0.3 is 0 Å². The number of H-pyrrole nitrogens is 1. The SMILES string of the molecule is CCNC(=NCCCOC)NCCc1c[nH]c2cccc(C)c12.I. The zero-order valence-corrected chi connectivity index (χ0v) is 17.1. The van der Waals surface area contributed by atoms with Crippen LogP contribution in [0.25, 0.3) is 10.9 Å². The third kappa shape index (κ3) is 5.98. The molecule has 0 aliphatic carbocycles. The number of fused-ring (bicyclic) bond motifs is 1. The summed E-state index contributed by atoms with van der Waals surface area (Å²) in [5.74, 6) is 0.875. The quantitative estimate of drug-likeness (QED) is 0.254. The molecule has 0 atom stereocenters. The third-order valence-electron chi connectivity index (χ3n) is 3.80. The second-order valence-corrected chi connectivity index (χ2v) is 5.60. The first-order valence-corrected chi connectivity index (χ1v) is 8.33. The predicted molar refractivity (Wildman–Crippen MR) is 113 cm³/mol. The van der Waals surface area contributed by atoms with Crippen LogP contribution in [0.4, 0.5) is 0 Å². The van der Waals surface area contributed by atoms with Crippen molar-refractivity contribution >= 4 is 40.8 Å². The summed E-state index contributed by atoms with van der Waals surface area (Å²) in [5, 5.41) is 8.03. The monoisotopic (exact) mass is 444 g/mol. The van der Waals surface area contributed by atoms with Crippen LogP contribution < -0.4 is 10.6 Å². The summed E-state index contributed by atoms with van der Waals surface area (Å²) >= 11 is 0. The van der Waals surface area contributed by atoms with Crippen LogP contribution in [-0.4, -0.2) is 44.3 Å². The van der Waals surface area contributed by atoms with Crippen LogP contribution in [0.2, 0.25) is 0 Å². The number of guanidine groups is 1. The highest BCUT2D eigenvalue weighted by Gasteiger charge is 2.06. The van der Waals surface area contributed by atoms with Crippen molar-refractivity contribution < 1.29 is 4.74 Å². The summed E-state index contributed by atoms with van der Waals surface area (Å²) in [7, 11) is 1.72. The van der Waals surface area contributed by atoms with E-state index in [1.54, 1.807) is 7.11 Å². The number of aliphatic imine (C=N–C) groups is 1. The number of ether oxygens (including phenoxy) is 1. The number of rotatable bonds is 8. The van der Waals surface area contributed by atoms with Gasteiger partial charge in [0, 0.05) is 50.5 Å². The Hall–Kier alpha value is -1.28. The van der Waals surface area contributed by atoms with Crippen molar-refractivity contribution in [3.63, 3.8) is 0 Å². The Balaban J connectivity index is 0.00000288. The summed E-state index contributed by atoms with van der Waals surface area (Å²) in [5.41, 5.74) is 3.87. The lowest BCUT2D eigenvalue weighted by Crippen LogP contribution is -2.38. The molecule has 0 saturated carbocycles. The summed E-state index contributed by atoms with van der Waals surface area (Å²) < 4.78 is 5.05. The minimum absolute atomic E-state index is 0. The minimum Gasteiger partial charge on any atom is -0.385 e. The van der Waals surface area contributed by atoms with E-state index in [9.17, 15) is 0 Å². The van der Waals surface area contributed by atoms with Crippen molar-refractivity contribution in [3.05, 3.63) is 35.5 Å². The van der Waals surface area contributed by atoms with E-state index in [0.717, 1.165) is 45.0 Å². The van der Waals surface area contributed by atoms with Crippen LogP contribution in [-0.2, 0) is 11.2 Å². The number of nitrogens with one attached hydrogen (secondary N) is 3. The number of hydrogen-bond donors (Lipinski definition) is 3. The van der Waals surface area contributed by atoms with E-state index in [1.165, 1.54) is 22.0 Å². The Labute approximate surface area is 161 Å². The first-order chi connectivity index (χ1) is 11.3. The van der Waals surface area contributed by atoms with Gasteiger partial charge in [-0.15, -0.1) is 24.0 Å². The molecule has 0 saturated heterocycles. The zero-order valence-electron chi connectivity index (χ0n) is 14.8. The van der Waals surface area contributed by atoms with Gasteiger partial charge in [0.25, 0.3) is 0 Å². The Morgan fingerprint density at radius 2 is 2.12 bits per heavy atom. The molecule has 0 fully saturated rings. The lowest BCUT2D eigenvalue weighted by molar-refractivity contribution is 0.197. The molecule has 24 heavy (non-hydrogen) atoms. The van der Waals surface area contributed by atoms with E-state index in [1.807, 2.05) is 0 Å². The van der Waals surface area contributed by atoms with Gasteiger partial charge in [-0.05, 0) is 43.9 Å². The number of hydrogen-bond acceptors (Lipinski definition) is 2. The third-order valence-corrected chi connectivity index (χ3v) is 3.80. The number of benzene rings is 1. The minimum atomic E-state index is 0. The number of aromatic amines is 1. The molecule has 0 bridgehead atoms. The normalized spacial score (nSPS) is 11.4. The molecule has 0 aliphatic heterocycles. The van der Waals surface area contributed by atoms with Crippen LogP contribution in [0.5, 0.6) is 0 Å². The Morgan fingerprint density at radius 3 is 2.88 bits per heavy atom. The van der Waals surface area contributed by atoms with Gasteiger partial charge in [0.2, 0.25) is 0 Å². The van der Waals surface area contributed by atoms with Crippen LogP contribution >= 0.6 is 24.0 Å². The standard InChI is InChI=1S/C18H28N4O.HI/c1-4-19-18(20-10-6-12-23-3)21-11-9-15-13-22-16-8-5-7-14(2)17(15)16;/h5,7-8,13,22H,4,6,9-12H2,1-3H3,(H2,19,20,21);1H. The molecule has 0 amide bonds. The van der Waals surface area contributed by atoms with Gasteiger partial charge in [0.1, 0.15) is 0 Å². The van der Waals surface area contributed by atoms with Gasteiger partial charge in [0.15, 0.2) is 5.96 Å². The second kappa shape index (κ2) is 11.3. The molecule has 1 aromatic heterocycles. The summed E-state index contributed by atoms with van der Waals surface area (Å²) in [6, 6.07) is 6.38. The highest BCUT2D eigenvalue weighted by molar-refractivity contribution is 14.0. The highest BCUT2D eigenvalue weighted by atomic mass is 127. The first kappa shape index (κ1) is 20.8. The van der Waals surface area contributed by atoms with Crippen molar-refractivity contribution in [2.75, 3.05) is 33.4 Å². The largest absolute Gasteiger partial charge is 0.385 e. The number of methoxy groups -OCH3 is 1. The van der Waals surface area contributed by atoms with Gasteiger partial charge in [-0.25, -0.2) is 0 Å². The van der Waals surface area contributed by atoms with Gasteiger partial charge in [-0.1, -0.05) is 12.1 Å². The van der Waals surface area contributed by atoms with Crippen LogP contribution in [0, 0.1) is 6.92 Å². The van der Waals surface area contributed by atoms with Crippen LogP contribution in [0.3, 0.4) is 0 Å². The number of nitrogens with zero attached hydrogens (tertiary/aromatic N) is 1. The zero-order chi connectivity index (χ0) is 16.5. The summed E-state index contributed by atoms with van der Waals surface area (Å²) in [6.45, 7) is 7.48. The molecule has 0 spiro atoms. The second-order valence-electron chi connectivity index (χ2n) is 5.60. The fraction of sp³-hybridized carbons (Fsp3) is 0.500. The van der Waals surface area contributed by atoms with Crippen LogP contribution in [0.15, 0.2) is 29.4 Å². The van der Waals surface area contributed by atoms with E-state index < -0.39 is 0 Å². The Morgan fingerprint density at radius 1 is 1.29 bits per heavy atom. The number of aryl methyl sites for hydroxylation is 1. The molecule has 1 heterocycles. The van der Waals surface area contributed by atoms with E-state index in [4.69, 9.17) is 4.74 Å². The molecule has 5 nitrogen and oxygen atoms in total. The summed E-state index contributed by atoms with van der Waals surface area (Å²) in [6.07, 6.45) is 4.02. The first-order valence-electron chi connectivity index (χ1n) is 8.33. The lowest BCUT2D eigenvalue weighted by atomic mass is 10.1. The highest BCUT2D eigenvalue weighted by Crippen LogP contribution is 2.22. The van der Waals surface area contributed by atoms with E-state index in [0.29, 0.717) is 0 Å². The van der Waals surface area contributed by atoms with Crippen molar-refractivity contribution in [1.29, 1.82) is 0 Å². The molecule has 0 unspecified atom stereocenters. The average Bonchev–Trinajstić information content (AvgIpc) is 2.96. The molecule has 0 radical (unpaired) electrons. The van der Waals surface area contributed by atoms with Gasteiger partial charge in [-0.3, -0.25) is 4.99 Å². The topological polar surface area (TPSA) is 61.4 Å². The van der Waals surface area contributed by atoms with E-state index in [-0.39, 0.29) is 24.0 Å². The van der Waals surface area contributed by atoms with Gasteiger partial charge in [0.05, 0.1) is 0 Å². The Kier molecular flexibility index (Phi) is 9.78. The number of aromatic nitrogens is 1. The maximum atomic E-state index is 5.05. The van der Waals surface area contributed by atoms with E-state index in [2.05, 4.69) is 58.9 Å². The fourth-order valence-corrected chi connectivity index (χ4v) is 2.71. The summed E-state index contributed by atoms with van der Waals surface area (Å²) in [4.78, 5) is 7.91. The molecule has 2 rings (SSSR count). The van der Waals surface area contributed by atoms with Crippen molar-refractivity contribution in [1.82, 2.24) is 15.6 Å². The molecule has 2 aromatic rings. The smallest absolute Gasteiger partial charge is 0.191 e. The van der Waals surface area contributed by atoms with Crippen molar-refractivity contribution in [2.24, 2.45) is 4.99 Å². The van der Waals surface area contributed by atoms with Crippen LogP contribution in [0.1, 0.15) is 24.5 Å². The van der Waals surface area contributed by atoms with Gasteiger partial charge < -0.3 is 20.4 Å². The molecule has 6 heteroatoms. The Bertz CT molecular complexity index is 639. The maximum Gasteiger partial charge on any atom is 0.191 e. The average molecular weight is 444 g/mol. The molecule has 3 N–H and O–H groups in total. The molecular weight excluding hydrogens is 415 g/mol. The molecule has 1 aromatic carbocycles. The van der Waals surface area contributed by atoms with Gasteiger partial charge in [-0.2, -0.15) is 0 Å². The lowest BCUT2D eigenvalue weighted by Gasteiger charge is -2.11. The number of halogens is 1. The van der Waals surface area contributed by atoms with Crippen molar-refractivity contribution in [3.8, 4) is 0 Å². The predicted octanol–water partition coefficient (Wildman–Crippen LogP) is 3.23. The maximum absolute atomic E-state index is 5.05. The fourth-order valence-electron chi connectivity index (χ4n) is 2.71.